The molecule has 1 amide bonds. The largest absolute Gasteiger partial charge is 0.493 e. The van der Waals surface area contributed by atoms with E-state index in [1.165, 1.54) is 18.2 Å². The maximum Gasteiger partial charge on any atom is 0.435 e. The van der Waals surface area contributed by atoms with Crippen molar-refractivity contribution in [3.63, 3.8) is 0 Å². The van der Waals surface area contributed by atoms with Crippen LogP contribution in [0.5, 0.6) is 5.75 Å². The number of nitrogens with one attached hydrogen (secondary N) is 1. The first kappa shape index (κ1) is 17.2. The van der Waals surface area contributed by atoms with E-state index in [0.717, 1.165) is 16.9 Å². The molecule has 5 nitrogen and oxygen atoms in total. The molecule has 0 spiro atoms. The summed E-state index contributed by atoms with van der Waals surface area (Å²) in [6.07, 6.45) is -2.28. The van der Waals surface area contributed by atoms with Crippen molar-refractivity contribution >= 4 is 5.91 Å². The number of benzene rings is 1. The van der Waals surface area contributed by atoms with Crippen LogP contribution in [0.2, 0.25) is 0 Å². The molecule has 1 aromatic heterocycles. The third-order valence-corrected chi connectivity index (χ3v) is 3.81. The summed E-state index contributed by atoms with van der Waals surface area (Å²) in [5.74, 6) is -0.480. The van der Waals surface area contributed by atoms with Crippen molar-refractivity contribution in [1.82, 2.24) is 15.1 Å². The minimum absolute atomic E-state index is 0.363. The summed E-state index contributed by atoms with van der Waals surface area (Å²) in [5.41, 5.74) is -0.544. The second-order valence-corrected chi connectivity index (χ2v) is 5.69. The minimum Gasteiger partial charge on any atom is -0.493 e. The Kier molecular flexibility index (Phi) is 4.65. The Balaban J connectivity index is 1.71. The number of rotatable bonds is 3. The number of carbonyl (C=O) groups is 1. The van der Waals surface area contributed by atoms with Gasteiger partial charge in [0, 0.05) is 11.8 Å². The van der Waals surface area contributed by atoms with Gasteiger partial charge < -0.3 is 10.1 Å². The molecule has 1 aliphatic heterocycles. The number of ether oxygens (including phenoxy) is 1. The Morgan fingerprint density at radius 3 is 2.88 bits per heavy atom. The van der Waals surface area contributed by atoms with Crippen LogP contribution in [0.25, 0.3) is 0 Å². The summed E-state index contributed by atoms with van der Waals surface area (Å²) >= 11 is 0. The summed E-state index contributed by atoms with van der Waals surface area (Å²) < 4.78 is 57.5. The van der Waals surface area contributed by atoms with Crippen molar-refractivity contribution < 1.29 is 27.1 Å². The lowest BCUT2D eigenvalue weighted by molar-refractivity contribution is -0.141. The average Bonchev–Trinajstić information content (AvgIpc) is 2.91. The summed E-state index contributed by atoms with van der Waals surface area (Å²) in [4.78, 5) is 12.2. The summed E-state index contributed by atoms with van der Waals surface area (Å²) in [6, 6.07) is 4.39. The standard InChI is InChI=1S/C16H15F4N3O2/c17-10-3-4-13-11(8-10)12(2-1-7-25-13)21-15(24)9-23-6-5-14(22-23)16(18,19)20/h3-6,8,12H,1-2,7,9H2,(H,21,24). The van der Waals surface area contributed by atoms with E-state index in [1.807, 2.05) is 0 Å². The molecular formula is C16H15F4N3O2. The quantitative estimate of drug-likeness (QED) is 0.859. The van der Waals surface area contributed by atoms with Gasteiger partial charge in [-0.05, 0) is 37.1 Å². The highest BCUT2D eigenvalue weighted by Gasteiger charge is 2.33. The average molecular weight is 357 g/mol. The zero-order chi connectivity index (χ0) is 18.0. The van der Waals surface area contributed by atoms with E-state index in [2.05, 4.69) is 10.4 Å². The molecule has 1 atom stereocenters. The number of aromatic nitrogens is 2. The van der Waals surface area contributed by atoms with Crippen molar-refractivity contribution in [1.29, 1.82) is 0 Å². The van der Waals surface area contributed by atoms with E-state index >= 15 is 0 Å². The van der Waals surface area contributed by atoms with Gasteiger partial charge in [-0.3, -0.25) is 9.48 Å². The van der Waals surface area contributed by atoms with Gasteiger partial charge in [-0.1, -0.05) is 0 Å². The number of nitrogens with zero attached hydrogens (tertiary/aromatic N) is 2. The third-order valence-electron chi connectivity index (χ3n) is 3.81. The number of halogens is 4. The van der Waals surface area contributed by atoms with Gasteiger partial charge in [0.15, 0.2) is 5.69 Å². The van der Waals surface area contributed by atoms with Crippen LogP contribution in [0.15, 0.2) is 30.5 Å². The molecule has 1 aromatic carbocycles. The Morgan fingerprint density at radius 1 is 1.36 bits per heavy atom. The van der Waals surface area contributed by atoms with Crippen LogP contribution in [-0.2, 0) is 17.5 Å². The molecule has 3 rings (SSSR count). The zero-order valence-electron chi connectivity index (χ0n) is 13.0. The van der Waals surface area contributed by atoms with Gasteiger partial charge >= 0.3 is 6.18 Å². The Hall–Kier alpha value is -2.58. The molecule has 1 aliphatic rings. The maximum absolute atomic E-state index is 13.5. The van der Waals surface area contributed by atoms with Crippen LogP contribution in [0.1, 0.15) is 30.1 Å². The smallest absolute Gasteiger partial charge is 0.435 e. The van der Waals surface area contributed by atoms with Crippen molar-refractivity contribution in [2.45, 2.75) is 31.6 Å². The number of fused-ring (bicyclic) bond motifs is 1. The van der Waals surface area contributed by atoms with Crippen molar-refractivity contribution in [2.75, 3.05) is 6.61 Å². The van der Waals surface area contributed by atoms with Crippen molar-refractivity contribution in [2.24, 2.45) is 0 Å². The van der Waals surface area contributed by atoms with Crippen LogP contribution in [0, 0.1) is 5.82 Å². The second-order valence-electron chi connectivity index (χ2n) is 5.69. The second kappa shape index (κ2) is 6.73. The normalized spacial score (nSPS) is 17.4. The summed E-state index contributed by atoms with van der Waals surface area (Å²) in [6.45, 7) is 0.0805. The summed E-state index contributed by atoms with van der Waals surface area (Å²) in [7, 11) is 0. The number of hydrogen-bond acceptors (Lipinski definition) is 3. The summed E-state index contributed by atoms with van der Waals surface area (Å²) in [5, 5.41) is 6.05. The van der Waals surface area contributed by atoms with Crippen LogP contribution in [0.3, 0.4) is 0 Å². The van der Waals surface area contributed by atoms with Crippen LogP contribution >= 0.6 is 0 Å². The Morgan fingerprint density at radius 2 is 2.16 bits per heavy atom. The third kappa shape index (κ3) is 4.09. The van der Waals surface area contributed by atoms with Crippen LogP contribution in [0.4, 0.5) is 17.6 Å². The SMILES string of the molecule is O=C(Cn1ccc(C(F)(F)F)n1)NC1CCCOc2ccc(F)cc21. The van der Waals surface area contributed by atoms with Gasteiger partial charge in [0.05, 0.1) is 12.6 Å². The Bertz CT molecular complexity index is 773. The predicted molar refractivity (Wildman–Crippen MR) is 79.2 cm³/mol. The molecule has 2 aromatic rings. The highest BCUT2D eigenvalue weighted by atomic mass is 19.4. The fraction of sp³-hybridized carbons (Fsp3) is 0.375. The molecule has 9 heteroatoms. The first-order chi connectivity index (χ1) is 11.8. The number of alkyl halides is 3. The lowest BCUT2D eigenvalue weighted by Gasteiger charge is -2.18. The molecular weight excluding hydrogens is 342 g/mol. The van der Waals surface area contributed by atoms with Gasteiger partial charge in [-0.15, -0.1) is 0 Å². The van der Waals surface area contributed by atoms with Gasteiger partial charge in [0.1, 0.15) is 18.1 Å². The number of carbonyl (C=O) groups excluding carboxylic acids is 1. The number of amides is 1. The highest BCUT2D eigenvalue weighted by Crippen LogP contribution is 2.32. The molecule has 0 bridgehead atoms. The first-order valence-electron chi connectivity index (χ1n) is 7.65. The van der Waals surface area contributed by atoms with E-state index in [4.69, 9.17) is 4.74 Å². The lowest BCUT2D eigenvalue weighted by atomic mass is 10.0. The first-order valence-corrected chi connectivity index (χ1v) is 7.65. The van der Waals surface area contributed by atoms with Gasteiger partial charge in [0.2, 0.25) is 5.91 Å². The molecule has 0 saturated heterocycles. The van der Waals surface area contributed by atoms with Crippen LogP contribution in [-0.4, -0.2) is 22.3 Å². The lowest BCUT2D eigenvalue weighted by Crippen LogP contribution is -2.31. The minimum atomic E-state index is -4.56. The van der Waals surface area contributed by atoms with Crippen molar-refractivity contribution in [3.05, 3.63) is 47.5 Å². The molecule has 1 N–H and O–H groups in total. The molecule has 25 heavy (non-hydrogen) atoms. The molecule has 0 saturated carbocycles. The maximum atomic E-state index is 13.5. The predicted octanol–water partition coefficient (Wildman–Crippen LogP) is 3.07. The zero-order valence-corrected chi connectivity index (χ0v) is 13.0. The van der Waals surface area contributed by atoms with Crippen molar-refractivity contribution in [3.8, 4) is 5.75 Å². The van der Waals surface area contributed by atoms with E-state index in [-0.39, 0.29) is 6.54 Å². The Labute approximate surface area is 140 Å². The highest BCUT2D eigenvalue weighted by molar-refractivity contribution is 5.76. The van der Waals surface area contributed by atoms with Crippen LogP contribution < -0.4 is 10.1 Å². The van der Waals surface area contributed by atoms with E-state index in [1.54, 1.807) is 0 Å². The monoisotopic (exact) mass is 357 g/mol. The van der Waals surface area contributed by atoms with Gasteiger partial charge in [-0.2, -0.15) is 18.3 Å². The van der Waals surface area contributed by atoms with Gasteiger partial charge in [0.25, 0.3) is 0 Å². The molecule has 0 aliphatic carbocycles. The van der Waals surface area contributed by atoms with Gasteiger partial charge in [-0.25, -0.2) is 4.39 Å². The topological polar surface area (TPSA) is 56.2 Å². The number of hydrogen-bond donors (Lipinski definition) is 1. The fourth-order valence-electron chi connectivity index (χ4n) is 2.69. The molecule has 1 unspecified atom stereocenters. The molecule has 0 radical (unpaired) electrons. The van der Waals surface area contributed by atoms with E-state index in [0.29, 0.717) is 30.8 Å². The molecule has 134 valence electrons. The molecule has 0 fully saturated rings. The van der Waals surface area contributed by atoms with E-state index in [9.17, 15) is 22.4 Å². The fourth-order valence-corrected chi connectivity index (χ4v) is 2.69. The van der Waals surface area contributed by atoms with E-state index < -0.39 is 29.6 Å². The molecule has 2 heterocycles.